The zero-order valence-electron chi connectivity index (χ0n) is 16.8. The van der Waals surface area contributed by atoms with Crippen LogP contribution < -0.4 is 4.90 Å². The highest BCUT2D eigenvalue weighted by Gasteiger charge is 2.29. The second-order valence-corrected chi connectivity index (χ2v) is 8.73. The Morgan fingerprint density at radius 1 is 1.03 bits per heavy atom. The van der Waals surface area contributed by atoms with Crippen LogP contribution in [0.5, 0.6) is 0 Å². The van der Waals surface area contributed by atoms with Gasteiger partial charge in [-0.1, -0.05) is 42.0 Å². The summed E-state index contributed by atoms with van der Waals surface area (Å²) in [7, 11) is -3.92. The summed E-state index contributed by atoms with van der Waals surface area (Å²) in [5.41, 5.74) is 1.62. The molecule has 0 N–H and O–H groups in total. The van der Waals surface area contributed by atoms with Crippen LogP contribution in [0.25, 0.3) is 0 Å². The predicted molar refractivity (Wildman–Crippen MR) is 116 cm³/mol. The maximum atomic E-state index is 13.3. The van der Waals surface area contributed by atoms with Gasteiger partial charge in [0, 0.05) is 12.2 Å². The summed E-state index contributed by atoms with van der Waals surface area (Å²) in [5.74, 6) is 0.0943. The van der Waals surface area contributed by atoms with Gasteiger partial charge in [-0.3, -0.25) is 4.79 Å². The average Bonchev–Trinajstić information content (AvgIpc) is 3.25. The van der Waals surface area contributed by atoms with E-state index in [9.17, 15) is 13.2 Å². The molecule has 0 spiro atoms. The van der Waals surface area contributed by atoms with Crippen LogP contribution >= 0.6 is 0 Å². The normalized spacial score (nSPS) is 11.4. The number of sulfonamides is 1. The third-order valence-corrected chi connectivity index (χ3v) is 6.37. The fraction of sp³-hybridized carbons (Fsp3) is 0.174. The maximum Gasteiger partial charge on any atom is 0.243 e. The smallest absolute Gasteiger partial charge is 0.243 e. The van der Waals surface area contributed by atoms with E-state index in [0.717, 1.165) is 9.87 Å². The summed E-state index contributed by atoms with van der Waals surface area (Å²) in [6, 6.07) is 19.0. The lowest BCUT2D eigenvalue weighted by atomic mass is 10.2. The Kier molecular flexibility index (Phi) is 6.87. The van der Waals surface area contributed by atoms with Gasteiger partial charge in [-0.05, 0) is 43.3 Å². The summed E-state index contributed by atoms with van der Waals surface area (Å²) in [6.07, 6.45) is 3.08. The van der Waals surface area contributed by atoms with Crippen LogP contribution in [-0.4, -0.2) is 31.7 Å². The number of aryl methyl sites for hydroxylation is 1. The van der Waals surface area contributed by atoms with E-state index in [-0.39, 0.29) is 30.4 Å². The van der Waals surface area contributed by atoms with Crippen molar-refractivity contribution in [3.63, 3.8) is 0 Å². The second kappa shape index (κ2) is 9.56. The molecule has 30 heavy (non-hydrogen) atoms. The van der Waals surface area contributed by atoms with Crippen molar-refractivity contribution >= 4 is 21.6 Å². The van der Waals surface area contributed by atoms with E-state index in [2.05, 4.69) is 6.58 Å². The Morgan fingerprint density at radius 2 is 1.73 bits per heavy atom. The van der Waals surface area contributed by atoms with E-state index in [4.69, 9.17) is 4.42 Å². The van der Waals surface area contributed by atoms with Crippen LogP contribution in [0.1, 0.15) is 11.3 Å². The average molecular weight is 425 g/mol. The molecule has 6 nitrogen and oxygen atoms in total. The molecule has 0 bridgehead atoms. The molecule has 0 radical (unpaired) electrons. The first-order chi connectivity index (χ1) is 14.4. The van der Waals surface area contributed by atoms with Crippen LogP contribution in [0, 0.1) is 6.92 Å². The van der Waals surface area contributed by atoms with Gasteiger partial charge in [0.1, 0.15) is 5.76 Å². The number of hydrogen-bond donors (Lipinski definition) is 0. The highest BCUT2D eigenvalue weighted by atomic mass is 32.2. The molecule has 0 fully saturated rings. The Labute approximate surface area is 177 Å². The zero-order chi connectivity index (χ0) is 21.6. The molecule has 3 rings (SSSR count). The minimum Gasteiger partial charge on any atom is -0.468 e. The molecule has 2 aromatic carbocycles. The van der Waals surface area contributed by atoms with Gasteiger partial charge in [0.25, 0.3) is 0 Å². The van der Waals surface area contributed by atoms with Gasteiger partial charge in [0.2, 0.25) is 15.9 Å². The zero-order valence-corrected chi connectivity index (χ0v) is 17.6. The number of benzene rings is 2. The van der Waals surface area contributed by atoms with Crippen LogP contribution in [0.4, 0.5) is 5.69 Å². The number of amides is 1. The number of para-hydroxylation sites is 1. The molecule has 0 atom stereocenters. The first-order valence-corrected chi connectivity index (χ1v) is 10.9. The van der Waals surface area contributed by atoms with E-state index in [1.807, 2.05) is 25.1 Å². The Hall–Kier alpha value is -3.16. The molecule has 0 saturated carbocycles. The molecular formula is C23H24N2O4S. The van der Waals surface area contributed by atoms with Gasteiger partial charge in [0.05, 0.1) is 24.2 Å². The SMILES string of the molecule is C=CCN(C(=O)CN(Cc1ccco1)S(=O)(=O)c1ccc(C)cc1)c1ccccc1. The van der Waals surface area contributed by atoms with Crippen LogP contribution in [0.2, 0.25) is 0 Å². The maximum absolute atomic E-state index is 13.3. The number of carbonyl (C=O) groups is 1. The summed E-state index contributed by atoms with van der Waals surface area (Å²) in [5, 5.41) is 0. The lowest BCUT2D eigenvalue weighted by molar-refractivity contribution is -0.118. The van der Waals surface area contributed by atoms with E-state index in [1.165, 1.54) is 11.2 Å². The standard InChI is InChI=1S/C23H24N2O4S/c1-3-15-25(20-8-5-4-6-9-20)23(26)18-24(17-21-10-7-16-29-21)30(27,28)22-13-11-19(2)12-14-22/h3-14,16H,1,15,17-18H2,2H3. The highest BCUT2D eigenvalue weighted by molar-refractivity contribution is 7.89. The topological polar surface area (TPSA) is 70.8 Å². The van der Waals surface area contributed by atoms with Crippen LogP contribution in [0.3, 0.4) is 0 Å². The molecule has 0 unspecified atom stereocenters. The highest BCUT2D eigenvalue weighted by Crippen LogP contribution is 2.21. The second-order valence-electron chi connectivity index (χ2n) is 6.79. The lowest BCUT2D eigenvalue weighted by Crippen LogP contribution is -2.42. The molecule has 0 aliphatic rings. The molecule has 1 heterocycles. The Morgan fingerprint density at radius 3 is 2.33 bits per heavy atom. The molecule has 0 saturated heterocycles. The fourth-order valence-corrected chi connectivity index (χ4v) is 4.34. The van der Waals surface area contributed by atoms with E-state index >= 15 is 0 Å². The monoisotopic (exact) mass is 424 g/mol. The number of hydrogen-bond acceptors (Lipinski definition) is 4. The van der Waals surface area contributed by atoms with Crippen molar-refractivity contribution in [3.05, 3.63) is 97.0 Å². The van der Waals surface area contributed by atoms with Gasteiger partial charge >= 0.3 is 0 Å². The minimum absolute atomic E-state index is 0.0499. The third kappa shape index (κ3) is 5.06. The summed E-state index contributed by atoms with van der Waals surface area (Å²) in [4.78, 5) is 14.8. The summed E-state index contributed by atoms with van der Waals surface area (Å²) >= 11 is 0. The summed E-state index contributed by atoms with van der Waals surface area (Å²) in [6.45, 7) is 5.48. The quantitative estimate of drug-likeness (QED) is 0.487. The number of rotatable bonds is 9. The minimum atomic E-state index is -3.92. The predicted octanol–water partition coefficient (Wildman–Crippen LogP) is 4.00. The molecule has 0 aliphatic carbocycles. The first-order valence-electron chi connectivity index (χ1n) is 9.47. The lowest BCUT2D eigenvalue weighted by Gasteiger charge is -2.26. The molecule has 7 heteroatoms. The number of anilines is 1. The van der Waals surface area contributed by atoms with Gasteiger partial charge in [-0.2, -0.15) is 4.31 Å². The number of furan rings is 1. The Balaban J connectivity index is 1.92. The van der Waals surface area contributed by atoms with Gasteiger partial charge in [-0.15, -0.1) is 6.58 Å². The van der Waals surface area contributed by atoms with Gasteiger partial charge in [-0.25, -0.2) is 8.42 Å². The molecule has 0 aliphatic heterocycles. The fourth-order valence-electron chi connectivity index (χ4n) is 2.99. The molecule has 1 aromatic heterocycles. The van der Waals surface area contributed by atoms with Crippen molar-refractivity contribution in [2.75, 3.05) is 18.0 Å². The largest absolute Gasteiger partial charge is 0.468 e. The van der Waals surface area contributed by atoms with Gasteiger partial charge < -0.3 is 9.32 Å². The number of carbonyl (C=O) groups excluding carboxylic acids is 1. The van der Waals surface area contributed by atoms with Crippen molar-refractivity contribution in [1.29, 1.82) is 0 Å². The van der Waals surface area contributed by atoms with Crippen LogP contribution in [0.15, 0.2) is 95.0 Å². The Bertz CT molecular complexity index is 1080. The van der Waals surface area contributed by atoms with E-state index < -0.39 is 10.0 Å². The molecular weight excluding hydrogens is 400 g/mol. The molecule has 3 aromatic rings. The number of nitrogens with zero attached hydrogens (tertiary/aromatic N) is 2. The van der Waals surface area contributed by atoms with Gasteiger partial charge in [0.15, 0.2) is 0 Å². The first kappa shape index (κ1) is 21.5. The van der Waals surface area contributed by atoms with Crippen molar-refractivity contribution in [1.82, 2.24) is 4.31 Å². The molecule has 156 valence electrons. The van der Waals surface area contributed by atoms with Crippen molar-refractivity contribution in [2.24, 2.45) is 0 Å². The third-order valence-electron chi connectivity index (χ3n) is 4.56. The van der Waals surface area contributed by atoms with Crippen molar-refractivity contribution < 1.29 is 17.6 Å². The van der Waals surface area contributed by atoms with E-state index in [0.29, 0.717) is 11.4 Å². The van der Waals surface area contributed by atoms with Crippen molar-refractivity contribution in [2.45, 2.75) is 18.4 Å². The van der Waals surface area contributed by atoms with Crippen molar-refractivity contribution in [3.8, 4) is 0 Å². The molecule has 1 amide bonds. The van der Waals surface area contributed by atoms with Crippen LogP contribution in [-0.2, 0) is 21.4 Å². The van der Waals surface area contributed by atoms with E-state index in [1.54, 1.807) is 54.6 Å². The summed E-state index contributed by atoms with van der Waals surface area (Å²) < 4.78 is 33.1.